The molecule has 5 nitrogen and oxygen atoms in total. The average molecular weight is 277 g/mol. The van der Waals surface area contributed by atoms with Crippen molar-refractivity contribution in [3.8, 4) is 0 Å². The van der Waals surface area contributed by atoms with E-state index in [0.717, 1.165) is 24.6 Å². The fourth-order valence-corrected chi connectivity index (χ4v) is 2.98. The first-order valence-corrected chi connectivity index (χ1v) is 7.29. The summed E-state index contributed by atoms with van der Waals surface area (Å²) in [4.78, 5) is 20.5. The lowest BCUT2D eigenvalue weighted by Gasteiger charge is -2.27. The van der Waals surface area contributed by atoms with Gasteiger partial charge in [0.15, 0.2) is 0 Å². The van der Waals surface area contributed by atoms with Crippen molar-refractivity contribution in [2.75, 3.05) is 12.8 Å². The number of nitrogens with two attached hydrogens (primary N) is 1. The molecule has 0 saturated heterocycles. The Hall–Kier alpha value is -1.65. The highest BCUT2D eigenvalue weighted by Gasteiger charge is 2.25. The lowest BCUT2D eigenvalue weighted by Crippen LogP contribution is -2.18. The number of hydrogen-bond donors (Lipinski definition) is 1. The highest BCUT2D eigenvalue weighted by molar-refractivity contribution is 5.95. The van der Waals surface area contributed by atoms with E-state index in [0.29, 0.717) is 17.2 Å². The quantitative estimate of drug-likeness (QED) is 0.859. The third-order valence-corrected chi connectivity index (χ3v) is 4.31. The molecule has 2 N–H and O–H groups in total. The van der Waals surface area contributed by atoms with Gasteiger partial charge in [-0.05, 0) is 38.5 Å². The number of ether oxygens (including phenoxy) is 1. The van der Waals surface area contributed by atoms with Crippen molar-refractivity contribution in [2.24, 2.45) is 5.92 Å². The van der Waals surface area contributed by atoms with Crippen molar-refractivity contribution in [1.82, 2.24) is 9.97 Å². The number of carbonyl (C=O) groups is 1. The van der Waals surface area contributed by atoms with E-state index in [-0.39, 0.29) is 5.82 Å². The van der Waals surface area contributed by atoms with E-state index >= 15 is 0 Å². The molecule has 1 aliphatic rings. The third-order valence-electron chi connectivity index (χ3n) is 4.31. The molecule has 1 fully saturated rings. The Kier molecular flexibility index (Phi) is 4.57. The van der Waals surface area contributed by atoms with E-state index in [1.165, 1.54) is 26.4 Å². The number of nitrogens with zero attached hydrogens (tertiary/aromatic N) is 2. The molecule has 1 saturated carbocycles. The van der Waals surface area contributed by atoms with Gasteiger partial charge in [-0.1, -0.05) is 13.3 Å². The average Bonchev–Trinajstić information content (AvgIpc) is 2.46. The van der Waals surface area contributed by atoms with Gasteiger partial charge in [0, 0.05) is 5.92 Å². The van der Waals surface area contributed by atoms with Gasteiger partial charge in [-0.2, -0.15) is 0 Å². The van der Waals surface area contributed by atoms with Crippen LogP contribution in [-0.4, -0.2) is 23.0 Å². The standard InChI is InChI=1S/C15H23N3O2/c1-4-10-5-7-11(8-6-10)14-17-9(2)12(13(16)18-14)15(19)20-3/h10-11H,4-8H2,1-3H3,(H2,16,17,18). The molecule has 1 aliphatic carbocycles. The number of esters is 1. The van der Waals surface area contributed by atoms with Crippen molar-refractivity contribution >= 4 is 11.8 Å². The van der Waals surface area contributed by atoms with Gasteiger partial charge in [0.2, 0.25) is 0 Å². The van der Waals surface area contributed by atoms with Gasteiger partial charge in [0.25, 0.3) is 0 Å². The number of rotatable bonds is 3. The molecule has 0 radical (unpaired) electrons. The van der Waals surface area contributed by atoms with E-state index in [9.17, 15) is 4.79 Å². The minimum Gasteiger partial charge on any atom is -0.465 e. The Bertz CT molecular complexity index is 471. The molecule has 1 aromatic heterocycles. The largest absolute Gasteiger partial charge is 0.465 e. The topological polar surface area (TPSA) is 78.1 Å². The fraction of sp³-hybridized carbons (Fsp3) is 0.667. The van der Waals surface area contributed by atoms with Crippen molar-refractivity contribution in [1.29, 1.82) is 0 Å². The summed E-state index contributed by atoms with van der Waals surface area (Å²) in [5.74, 6) is 1.74. The number of methoxy groups -OCH3 is 1. The molecule has 0 unspecified atom stereocenters. The zero-order valence-corrected chi connectivity index (χ0v) is 12.5. The Balaban J connectivity index is 2.21. The van der Waals surface area contributed by atoms with Gasteiger partial charge in [-0.3, -0.25) is 0 Å². The lowest BCUT2D eigenvalue weighted by molar-refractivity contribution is 0.0600. The second kappa shape index (κ2) is 6.20. The summed E-state index contributed by atoms with van der Waals surface area (Å²) in [6, 6.07) is 0. The first kappa shape index (κ1) is 14.8. The van der Waals surface area contributed by atoms with Crippen LogP contribution in [0.2, 0.25) is 0 Å². The molecule has 110 valence electrons. The highest BCUT2D eigenvalue weighted by atomic mass is 16.5. The maximum atomic E-state index is 11.6. The van der Waals surface area contributed by atoms with Crippen LogP contribution in [0.5, 0.6) is 0 Å². The lowest BCUT2D eigenvalue weighted by atomic mass is 9.80. The predicted molar refractivity (Wildman–Crippen MR) is 77.5 cm³/mol. The summed E-state index contributed by atoms with van der Waals surface area (Å²) >= 11 is 0. The minimum atomic E-state index is -0.471. The molecule has 0 aromatic carbocycles. The van der Waals surface area contributed by atoms with Crippen LogP contribution in [0.15, 0.2) is 0 Å². The molecule has 5 heteroatoms. The number of aryl methyl sites for hydroxylation is 1. The smallest absolute Gasteiger partial charge is 0.343 e. The maximum absolute atomic E-state index is 11.6. The van der Waals surface area contributed by atoms with Gasteiger partial charge < -0.3 is 10.5 Å². The normalized spacial score (nSPS) is 22.6. The molecule has 0 amide bonds. The van der Waals surface area contributed by atoms with Gasteiger partial charge in [-0.15, -0.1) is 0 Å². The van der Waals surface area contributed by atoms with E-state index in [1.807, 2.05) is 0 Å². The zero-order valence-electron chi connectivity index (χ0n) is 12.5. The Labute approximate surface area is 119 Å². The first-order chi connectivity index (χ1) is 9.56. The Morgan fingerprint density at radius 1 is 1.30 bits per heavy atom. The second-order valence-corrected chi connectivity index (χ2v) is 5.54. The van der Waals surface area contributed by atoms with Crippen LogP contribution in [0.3, 0.4) is 0 Å². The van der Waals surface area contributed by atoms with Gasteiger partial charge >= 0.3 is 5.97 Å². The highest BCUT2D eigenvalue weighted by Crippen LogP contribution is 2.36. The van der Waals surface area contributed by atoms with Gasteiger partial charge in [0.05, 0.1) is 12.8 Å². The number of carbonyl (C=O) groups excluding carboxylic acids is 1. The van der Waals surface area contributed by atoms with Crippen LogP contribution in [0.1, 0.15) is 66.8 Å². The Morgan fingerprint density at radius 3 is 2.45 bits per heavy atom. The monoisotopic (exact) mass is 277 g/mol. The van der Waals surface area contributed by atoms with Crippen LogP contribution in [0.4, 0.5) is 5.82 Å². The zero-order chi connectivity index (χ0) is 14.7. The van der Waals surface area contributed by atoms with E-state index in [4.69, 9.17) is 10.5 Å². The third kappa shape index (κ3) is 2.92. The first-order valence-electron chi connectivity index (χ1n) is 7.29. The fourth-order valence-electron chi connectivity index (χ4n) is 2.98. The molecule has 0 aliphatic heterocycles. The van der Waals surface area contributed by atoms with Crippen molar-refractivity contribution < 1.29 is 9.53 Å². The second-order valence-electron chi connectivity index (χ2n) is 5.54. The molecular weight excluding hydrogens is 254 g/mol. The SMILES string of the molecule is CCC1CCC(c2nc(C)c(C(=O)OC)c(N)n2)CC1. The van der Waals surface area contributed by atoms with Crippen LogP contribution in [0.25, 0.3) is 0 Å². The van der Waals surface area contributed by atoms with Crippen molar-refractivity contribution in [2.45, 2.75) is 51.9 Å². The van der Waals surface area contributed by atoms with Gasteiger partial charge in [0.1, 0.15) is 17.2 Å². The van der Waals surface area contributed by atoms with Crippen LogP contribution >= 0.6 is 0 Å². The van der Waals surface area contributed by atoms with Crippen molar-refractivity contribution in [3.05, 3.63) is 17.1 Å². The maximum Gasteiger partial charge on any atom is 0.343 e. The molecular formula is C15H23N3O2. The summed E-state index contributed by atoms with van der Waals surface area (Å²) < 4.78 is 4.71. The van der Waals surface area contributed by atoms with E-state index in [1.54, 1.807) is 6.92 Å². The van der Waals surface area contributed by atoms with Crippen LogP contribution in [0, 0.1) is 12.8 Å². The number of hydrogen-bond acceptors (Lipinski definition) is 5. The Morgan fingerprint density at radius 2 is 1.95 bits per heavy atom. The van der Waals surface area contributed by atoms with Crippen molar-refractivity contribution in [3.63, 3.8) is 0 Å². The number of anilines is 1. The van der Waals surface area contributed by atoms with E-state index in [2.05, 4.69) is 16.9 Å². The van der Waals surface area contributed by atoms with Gasteiger partial charge in [-0.25, -0.2) is 14.8 Å². The summed E-state index contributed by atoms with van der Waals surface area (Å²) in [5, 5.41) is 0. The molecule has 0 atom stereocenters. The molecule has 0 bridgehead atoms. The van der Waals surface area contributed by atoms with Crippen LogP contribution < -0.4 is 5.73 Å². The number of nitrogen functional groups attached to an aromatic ring is 1. The molecule has 0 spiro atoms. The molecule has 2 rings (SSSR count). The summed E-state index contributed by atoms with van der Waals surface area (Å²) in [7, 11) is 1.33. The summed E-state index contributed by atoms with van der Waals surface area (Å²) in [5.41, 5.74) is 6.81. The molecule has 1 aromatic rings. The predicted octanol–water partition coefficient (Wildman–Crippen LogP) is 2.84. The summed E-state index contributed by atoms with van der Waals surface area (Å²) in [6.45, 7) is 4.03. The van der Waals surface area contributed by atoms with E-state index < -0.39 is 5.97 Å². The molecule has 20 heavy (non-hydrogen) atoms. The summed E-state index contributed by atoms with van der Waals surface area (Å²) in [6.07, 6.45) is 5.91. The number of aromatic nitrogens is 2. The molecule has 1 heterocycles. The minimum absolute atomic E-state index is 0.233. The van der Waals surface area contributed by atoms with Crippen LogP contribution in [-0.2, 0) is 4.74 Å².